The Kier molecular flexibility index (Phi) is 3.22. The van der Waals surface area contributed by atoms with Crippen LogP contribution < -0.4 is 0 Å². The average molecular weight is 224 g/mol. The number of fused-ring (bicyclic) bond motifs is 1. The van der Waals surface area contributed by atoms with E-state index in [1.165, 1.54) is 31.9 Å². The maximum atomic E-state index is 11.2. The third kappa shape index (κ3) is 2.08. The zero-order valence-electron chi connectivity index (χ0n) is 10.1. The van der Waals surface area contributed by atoms with Crippen molar-refractivity contribution in [3.63, 3.8) is 0 Å². The molecule has 0 aromatic carbocycles. The highest BCUT2D eigenvalue weighted by molar-refractivity contribution is 5.60. The summed E-state index contributed by atoms with van der Waals surface area (Å²) in [6.07, 6.45) is 8.56. The van der Waals surface area contributed by atoms with Crippen molar-refractivity contribution in [2.45, 2.75) is 51.6 Å². The van der Waals surface area contributed by atoms with E-state index in [0.29, 0.717) is 0 Å². The molecule has 3 nitrogen and oxygen atoms in total. The van der Waals surface area contributed by atoms with Crippen LogP contribution in [0.15, 0.2) is 11.6 Å². The summed E-state index contributed by atoms with van der Waals surface area (Å²) in [5.41, 5.74) is 1.59. The summed E-state index contributed by atoms with van der Waals surface area (Å²) in [5.74, 6) is 0. The second-order valence-electron chi connectivity index (χ2n) is 5.07. The van der Waals surface area contributed by atoms with Crippen molar-refractivity contribution in [2.75, 3.05) is 7.11 Å². The molecule has 3 heteroatoms. The molecule has 0 unspecified atom stereocenters. The van der Waals surface area contributed by atoms with Gasteiger partial charge in [0, 0.05) is 0 Å². The van der Waals surface area contributed by atoms with Crippen LogP contribution in [0.2, 0.25) is 0 Å². The van der Waals surface area contributed by atoms with Gasteiger partial charge >= 0.3 is 6.16 Å². The zero-order chi connectivity index (χ0) is 11.6. The normalized spacial score (nSPS) is 33.6. The average Bonchev–Trinajstić information content (AvgIpc) is 2.28. The predicted molar refractivity (Wildman–Crippen MR) is 61.2 cm³/mol. The molecule has 0 bridgehead atoms. The van der Waals surface area contributed by atoms with Crippen LogP contribution in [0.4, 0.5) is 4.79 Å². The van der Waals surface area contributed by atoms with E-state index < -0.39 is 6.16 Å². The predicted octanol–water partition coefficient (Wildman–Crippen LogP) is 3.44. The summed E-state index contributed by atoms with van der Waals surface area (Å²) in [7, 11) is 1.36. The molecule has 0 aromatic heterocycles. The Balaban J connectivity index is 2.13. The molecule has 16 heavy (non-hydrogen) atoms. The molecule has 2 rings (SSSR count). The minimum atomic E-state index is -0.555. The second kappa shape index (κ2) is 4.48. The van der Waals surface area contributed by atoms with Gasteiger partial charge in [0.05, 0.1) is 7.11 Å². The van der Waals surface area contributed by atoms with Crippen molar-refractivity contribution in [3.8, 4) is 0 Å². The van der Waals surface area contributed by atoms with Crippen molar-refractivity contribution in [2.24, 2.45) is 5.41 Å². The third-order valence-corrected chi connectivity index (χ3v) is 3.94. The number of carbonyl (C=O) groups excluding carboxylic acids is 1. The van der Waals surface area contributed by atoms with Gasteiger partial charge in [-0.1, -0.05) is 13.0 Å². The van der Waals surface area contributed by atoms with Crippen molar-refractivity contribution in [1.29, 1.82) is 0 Å². The molecule has 1 fully saturated rings. The third-order valence-electron chi connectivity index (χ3n) is 3.94. The Hall–Kier alpha value is -0.990. The van der Waals surface area contributed by atoms with Gasteiger partial charge < -0.3 is 9.47 Å². The SMILES string of the molecule is COC(=O)O[C@@H]1CCC[C@]2(C)CCCC=C12. The Morgan fingerprint density at radius 2 is 2.19 bits per heavy atom. The topological polar surface area (TPSA) is 35.5 Å². The molecule has 0 saturated heterocycles. The van der Waals surface area contributed by atoms with Gasteiger partial charge in [-0.15, -0.1) is 0 Å². The summed E-state index contributed by atoms with van der Waals surface area (Å²) in [4.78, 5) is 11.2. The van der Waals surface area contributed by atoms with E-state index in [0.717, 1.165) is 19.3 Å². The molecule has 0 aliphatic heterocycles. The lowest BCUT2D eigenvalue weighted by Gasteiger charge is -2.42. The Bertz CT molecular complexity index is 308. The molecule has 0 N–H and O–H groups in total. The number of carbonyl (C=O) groups is 1. The fourth-order valence-corrected chi connectivity index (χ4v) is 3.05. The highest BCUT2D eigenvalue weighted by Gasteiger charge is 2.39. The van der Waals surface area contributed by atoms with Crippen molar-refractivity contribution in [3.05, 3.63) is 11.6 Å². The van der Waals surface area contributed by atoms with Gasteiger partial charge in [-0.2, -0.15) is 0 Å². The van der Waals surface area contributed by atoms with E-state index in [1.807, 2.05) is 0 Å². The molecule has 2 aliphatic rings. The van der Waals surface area contributed by atoms with Crippen LogP contribution in [-0.4, -0.2) is 19.4 Å². The number of rotatable bonds is 1. The molecule has 0 spiro atoms. The van der Waals surface area contributed by atoms with E-state index in [-0.39, 0.29) is 11.5 Å². The summed E-state index contributed by atoms with van der Waals surface area (Å²) in [5, 5.41) is 0. The van der Waals surface area contributed by atoms with Gasteiger partial charge in [0.1, 0.15) is 6.10 Å². The quantitative estimate of drug-likeness (QED) is 0.505. The van der Waals surface area contributed by atoms with Crippen LogP contribution in [0.25, 0.3) is 0 Å². The number of hydrogen-bond donors (Lipinski definition) is 0. The van der Waals surface area contributed by atoms with Gasteiger partial charge in [0.15, 0.2) is 0 Å². The standard InChI is InChI=1S/C13H20O3/c1-13-8-4-3-6-10(13)11(7-5-9-13)16-12(14)15-2/h6,11H,3-5,7-9H2,1-2H3/t11-,13+/m1/s1. The lowest BCUT2D eigenvalue weighted by atomic mass is 9.65. The summed E-state index contributed by atoms with van der Waals surface area (Å²) >= 11 is 0. The van der Waals surface area contributed by atoms with E-state index in [1.54, 1.807) is 0 Å². The lowest BCUT2D eigenvalue weighted by molar-refractivity contribution is 0.0257. The minimum Gasteiger partial charge on any atom is -0.438 e. The smallest absolute Gasteiger partial charge is 0.438 e. The molecule has 1 saturated carbocycles. The van der Waals surface area contributed by atoms with Crippen LogP contribution in [0.3, 0.4) is 0 Å². The zero-order valence-corrected chi connectivity index (χ0v) is 10.1. The highest BCUT2D eigenvalue weighted by atomic mass is 16.7. The second-order valence-corrected chi connectivity index (χ2v) is 5.07. The number of allylic oxidation sites excluding steroid dienone is 1. The molecule has 0 aromatic rings. The number of ether oxygens (including phenoxy) is 2. The largest absolute Gasteiger partial charge is 0.508 e. The van der Waals surface area contributed by atoms with Gasteiger partial charge in [-0.25, -0.2) is 4.79 Å². The van der Waals surface area contributed by atoms with Crippen LogP contribution in [-0.2, 0) is 9.47 Å². The first-order valence-corrected chi connectivity index (χ1v) is 6.11. The first-order chi connectivity index (χ1) is 7.65. The van der Waals surface area contributed by atoms with Crippen molar-refractivity contribution < 1.29 is 14.3 Å². The van der Waals surface area contributed by atoms with Gasteiger partial charge in [-0.05, 0) is 49.5 Å². The van der Waals surface area contributed by atoms with Gasteiger partial charge in [-0.3, -0.25) is 0 Å². The lowest BCUT2D eigenvalue weighted by Crippen LogP contribution is -2.36. The Labute approximate surface area is 96.8 Å². The maximum absolute atomic E-state index is 11.2. The first-order valence-electron chi connectivity index (χ1n) is 6.11. The van der Waals surface area contributed by atoms with Crippen LogP contribution >= 0.6 is 0 Å². The van der Waals surface area contributed by atoms with E-state index in [9.17, 15) is 4.79 Å². The molecular weight excluding hydrogens is 204 g/mol. The van der Waals surface area contributed by atoms with Gasteiger partial charge in [0.25, 0.3) is 0 Å². The molecular formula is C13H20O3. The summed E-state index contributed by atoms with van der Waals surface area (Å²) in [6, 6.07) is 0. The fraction of sp³-hybridized carbons (Fsp3) is 0.769. The molecule has 90 valence electrons. The number of hydrogen-bond acceptors (Lipinski definition) is 3. The fourth-order valence-electron chi connectivity index (χ4n) is 3.05. The van der Waals surface area contributed by atoms with E-state index in [4.69, 9.17) is 4.74 Å². The molecule has 0 heterocycles. The van der Waals surface area contributed by atoms with Gasteiger partial charge in [0.2, 0.25) is 0 Å². The van der Waals surface area contributed by atoms with Crippen molar-refractivity contribution in [1.82, 2.24) is 0 Å². The minimum absolute atomic E-state index is 0.0495. The Morgan fingerprint density at radius 3 is 2.94 bits per heavy atom. The molecule has 2 atom stereocenters. The number of methoxy groups -OCH3 is 1. The highest BCUT2D eigenvalue weighted by Crippen LogP contribution is 2.48. The van der Waals surface area contributed by atoms with Crippen molar-refractivity contribution >= 4 is 6.16 Å². The van der Waals surface area contributed by atoms with Crippen LogP contribution in [0.1, 0.15) is 45.4 Å². The van der Waals surface area contributed by atoms with E-state index >= 15 is 0 Å². The first kappa shape index (κ1) is 11.5. The monoisotopic (exact) mass is 224 g/mol. The summed E-state index contributed by atoms with van der Waals surface area (Å²) < 4.78 is 9.92. The summed E-state index contributed by atoms with van der Waals surface area (Å²) in [6.45, 7) is 2.30. The Morgan fingerprint density at radius 1 is 1.44 bits per heavy atom. The molecule has 2 aliphatic carbocycles. The molecule has 0 amide bonds. The van der Waals surface area contributed by atoms with Crippen LogP contribution in [0, 0.1) is 5.41 Å². The maximum Gasteiger partial charge on any atom is 0.508 e. The molecule has 0 radical (unpaired) electrons. The van der Waals surface area contributed by atoms with Crippen LogP contribution in [0.5, 0.6) is 0 Å². The van der Waals surface area contributed by atoms with E-state index in [2.05, 4.69) is 17.7 Å².